The van der Waals surface area contributed by atoms with E-state index in [1.807, 2.05) is 0 Å². The Morgan fingerprint density at radius 1 is 1.07 bits per heavy atom. The van der Waals surface area contributed by atoms with Gasteiger partial charge < -0.3 is 19.6 Å². The van der Waals surface area contributed by atoms with E-state index in [1.165, 1.54) is 26.2 Å². The molecule has 1 fully saturated rings. The number of nitrogens with zero attached hydrogens (tertiary/aromatic N) is 2. The van der Waals surface area contributed by atoms with Crippen LogP contribution >= 0.6 is 0 Å². The predicted octanol–water partition coefficient (Wildman–Crippen LogP) is -0.609. The van der Waals surface area contributed by atoms with Crippen LogP contribution in [0.5, 0.6) is 0 Å². The SMILES string of the molecule is CN1CCN(CCCOCCC[O-])CC1. The Hall–Kier alpha value is -0.160. The largest absolute Gasteiger partial charge is 0.854 e. The molecule has 1 rings (SSSR count). The lowest BCUT2D eigenvalue weighted by Gasteiger charge is -2.32. The van der Waals surface area contributed by atoms with Crippen molar-refractivity contribution in [3.8, 4) is 0 Å². The van der Waals surface area contributed by atoms with Gasteiger partial charge in [-0.1, -0.05) is 0 Å². The molecule has 0 atom stereocenters. The van der Waals surface area contributed by atoms with E-state index in [4.69, 9.17) is 4.74 Å². The van der Waals surface area contributed by atoms with Gasteiger partial charge in [0.05, 0.1) is 0 Å². The molecule has 1 aliphatic heterocycles. The van der Waals surface area contributed by atoms with Crippen molar-refractivity contribution in [1.82, 2.24) is 9.80 Å². The topological polar surface area (TPSA) is 38.8 Å². The molecular formula is C11H23N2O2-. The van der Waals surface area contributed by atoms with E-state index in [-0.39, 0.29) is 6.61 Å². The second-order valence-corrected chi connectivity index (χ2v) is 4.17. The number of ether oxygens (including phenoxy) is 1. The van der Waals surface area contributed by atoms with Gasteiger partial charge >= 0.3 is 0 Å². The van der Waals surface area contributed by atoms with Gasteiger partial charge in [0.25, 0.3) is 0 Å². The Morgan fingerprint density at radius 2 is 1.73 bits per heavy atom. The van der Waals surface area contributed by atoms with E-state index < -0.39 is 0 Å². The molecular weight excluding hydrogens is 192 g/mol. The molecule has 0 aromatic heterocycles. The normalized spacial score (nSPS) is 19.6. The first kappa shape index (κ1) is 12.9. The first-order valence-electron chi connectivity index (χ1n) is 5.89. The third-order valence-electron chi connectivity index (χ3n) is 2.79. The highest BCUT2D eigenvalue weighted by Crippen LogP contribution is 2.00. The van der Waals surface area contributed by atoms with Crippen molar-refractivity contribution >= 4 is 0 Å². The maximum absolute atomic E-state index is 10.1. The number of likely N-dealkylation sites (N-methyl/N-ethyl adjacent to an activating group) is 1. The zero-order valence-electron chi connectivity index (χ0n) is 9.78. The predicted molar refractivity (Wildman–Crippen MR) is 58.9 cm³/mol. The van der Waals surface area contributed by atoms with Crippen LogP contribution in [-0.2, 0) is 4.74 Å². The van der Waals surface area contributed by atoms with Crippen LogP contribution in [0.3, 0.4) is 0 Å². The maximum atomic E-state index is 10.1. The van der Waals surface area contributed by atoms with E-state index >= 15 is 0 Å². The minimum absolute atomic E-state index is 0.0154. The molecule has 4 nitrogen and oxygen atoms in total. The highest BCUT2D eigenvalue weighted by molar-refractivity contribution is 4.68. The summed E-state index contributed by atoms with van der Waals surface area (Å²) in [6.45, 7) is 7.25. The van der Waals surface area contributed by atoms with Crippen molar-refractivity contribution < 1.29 is 9.84 Å². The molecule has 0 aromatic carbocycles. The molecule has 15 heavy (non-hydrogen) atoms. The molecule has 4 heteroatoms. The van der Waals surface area contributed by atoms with E-state index in [2.05, 4.69) is 16.8 Å². The summed E-state index contributed by atoms with van der Waals surface area (Å²) in [5.41, 5.74) is 0. The number of hydrogen-bond acceptors (Lipinski definition) is 4. The summed E-state index contributed by atoms with van der Waals surface area (Å²) in [5.74, 6) is 0. The van der Waals surface area contributed by atoms with Crippen LogP contribution in [0, 0.1) is 0 Å². The molecule has 0 aromatic rings. The van der Waals surface area contributed by atoms with Crippen LogP contribution in [0.1, 0.15) is 12.8 Å². The Labute approximate surface area is 92.8 Å². The van der Waals surface area contributed by atoms with Crippen molar-refractivity contribution in [2.45, 2.75) is 12.8 Å². The molecule has 1 aliphatic rings. The summed E-state index contributed by atoms with van der Waals surface area (Å²) in [6.07, 6.45) is 1.73. The third kappa shape index (κ3) is 6.10. The van der Waals surface area contributed by atoms with Crippen LogP contribution in [-0.4, -0.2) is 69.4 Å². The molecule has 90 valence electrons. The molecule has 0 unspecified atom stereocenters. The van der Waals surface area contributed by atoms with Gasteiger partial charge in [-0.25, -0.2) is 0 Å². The van der Waals surface area contributed by atoms with Crippen LogP contribution in [0.4, 0.5) is 0 Å². The van der Waals surface area contributed by atoms with Crippen LogP contribution in [0.15, 0.2) is 0 Å². The van der Waals surface area contributed by atoms with Gasteiger partial charge in [0.15, 0.2) is 0 Å². The fraction of sp³-hybridized carbons (Fsp3) is 1.00. The molecule has 0 radical (unpaired) electrons. The molecule has 0 amide bonds. The van der Waals surface area contributed by atoms with E-state index in [9.17, 15) is 5.11 Å². The lowest BCUT2D eigenvalue weighted by Crippen LogP contribution is -2.44. The minimum Gasteiger partial charge on any atom is -0.854 e. The van der Waals surface area contributed by atoms with Crippen LogP contribution in [0.2, 0.25) is 0 Å². The van der Waals surface area contributed by atoms with Gasteiger partial charge in [-0.15, -0.1) is 6.61 Å². The summed E-state index contributed by atoms with van der Waals surface area (Å²) in [7, 11) is 2.17. The van der Waals surface area contributed by atoms with Crippen molar-refractivity contribution in [1.29, 1.82) is 0 Å². The molecule has 0 saturated carbocycles. The zero-order valence-corrected chi connectivity index (χ0v) is 9.78. The summed E-state index contributed by atoms with van der Waals surface area (Å²) in [5, 5.41) is 10.1. The van der Waals surface area contributed by atoms with Gasteiger partial charge in [0.2, 0.25) is 0 Å². The highest BCUT2D eigenvalue weighted by Gasteiger charge is 2.12. The molecule has 1 heterocycles. The molecule has 0 bridgehead atoms. The number of rotatable bonds is 7. The van der Waals surface area contributed by atoms with E-state index in [0.29, 0.717) is 13.0 Å². The Bertz CT molecular complexity index is 148. The molecule has 0 N–H and O–H groups in total. The Kier molecular flexibility index (Phi) is 6.92. The minimum atomic E-state index is -0.0154. The van der Waals surface area contributed by atoms with Crippen LogP contribution < -0.4 is 5.11 Å². The van der Waals surface area contributed by atoms with Crippen LogP contribution in [0.25, 0.3) is 0 Å². The quantitative estimate of drug-likeness (QED) is 0.531. The van der Waals surface area contributed by atoms with E-state index in [1.54, 1.807) is 0 Å². The second kappa shape index (κ2) is 8.05. The first-order chi connectivity index (χ1) is 7.33. The van der Waals surface area contributed by atoms with Crippen molar-refractivity contribution in [3.05, 3.63) is 0 Å². The first-order valence-corrected chi connectivity index (χ1v) is 5.89. The summed E-state index contributed by atoms with van der Waals surface area (Å²) in [6, 6.07) is 0. The standard InChI is InChI=1S/C11H23N2O2/c1-12-5-7-13(8-6-12)4-2-10-15-11-3-9-14/h2-11H2,1H3/q-1. The average molecular weight is 215 g/mol. The summed E-state index contributed by atoms with van der Waals surface area (Å²) in [4.78, 5) is 4.85. The Morgan fingerprint density at radius 3 is 2.40 bits per heavy atom. The third-order valence-corrected chi connectivity index (χ3v) is 2.79. The number of hydrogen-bond donors (Lipinski definition) is 0. The molecule has 0 aliphatic carbocycles. The average Bonchev–Trinajstić information content (AvgIpc) is 2.26. The summed E-state index contributed by atoms with van der Waals surface area (Å²) >= 11 is 0. The van der Waals surface area contributed by atoms with Crippen molar-refractivity contribution in [2.75, 3.05) is 59.6 Å². The Balaban J connectivity index is 1.87. The monoisotopic (exact) mass is 215 g/mol. The lowest BCUT2D eigenvalue weighted by molar-refractivity contribution is -0.369. The van der Waals surface area contributed by atoms with Crippen molar-refractivity contribution in [2.24, 2.45) is 0 Å². The lowest BCUT2D eigenvalue weighted by atomic mass is 10.3. The van der Waals surface area contributed by atoms with Crippen molar-refractivity contribution in [3.63, 3.8) is 0 Å². The second-order valence-electron chi connectivity index (χ2n) is 4.17. The van der Waals surface area contributed by atoms with Gasteiger partial charge in [-0.2, -0.15) is 0 Å². The van der Waals surface area contributed by atoms with Gasteiger partial charge in [0, 0.05) is 45.9 Å². The highest BCUT2D eigenvalue weighted by atomic mass is 16.5. The summed E-state index contributed by atoms with van der Waals surface area (Å²) < 4.78 is 5.35. The van der Waals surface area contributed by atoms with E-state index in [0.717, 1.165) is 19.6 Å². The smallest absolute Gasteiger partial charge is 0.0478 e. The molecule has 1 saturated heterocycles. The van der Waals surface area contributed by atoms with Gasteiger partial charge in [-0.05, 0) is 19.9 Å². The fourth-order valence-electron chi connectivity index (χ4n) is 1.72. The molecule has 0 spiro atoms. The van der Waals surface area contributed by atoms with Gasteiger partial charge in [-0.3, -0.25) is 0 Å². The maximum Gasteiger partial charge on any atom is 0.0478 e. The number of piperazine rings is 1. The fourth-order valence-corrected chi connectivity index (χ4v) is 1.72. The van der Waals surface area contributed by atoms with Gasteiger partial charge in [0.1, 0.15) is 0 Å². The zero-order chi connectivity index (χ0) is 10.9.